The molecule has 0 saturated carbocycles. The van der Waals surface area contributed by atoms with Crippen LogP contribution in [0.2, 0.25) is 5.02 Å². The van der Waals surface area contributed by atoms with Gasteiger partial charge >= 0.3 is 24.1 Å². The molecule has 0 radical (unpaired) electrons. The Morgan fingerprint density at radius 1 is 0.933 bits per heavy atom. The average Bonchev–Trinajstić information content (AvgIpc) is 3.95. The molecule has 0 aliphatic carbocycles. The molecule has 60 heavy (non-hydrogen) atoms. The predicted molar refractivity (Wildman–Crippen MR) is 195 cm³/mol. The van der Waals surface area contributed by atoms with Crippen LogP contribution in [0.4, 0.5) is 29.2 Å². The molecule has 6 N–H and O–H groups in total. The normalized spacial score (nSPS) is 26.0. The summed E-state index contributed by atoms with van der Waals surface area (Å²) in [6.07, 6.45) is -13.3. The van der Waals surface area contributed by atoms with Gasteiger partial charge in [-0.1, -0.05) is 41.7 Å². The van der Waals surface area contributed by atoms with Crippen molar-refractivity contribution < 1.29 is 56.3 Å². The Kier molecular flexibility index (Phi) is 12.2. The van der Waals surface area contributed by atoms with E-state index in [0.717, 1.165) is 9.03 Å². The number of carbonyl (C=O) groups excluding carboxylic acids is 2. The van der Waals surface area contributed by atoms with Crippen LogP contribution in [0, 0.1) is 18.1 Å². The minimum atomic E-state index is -2.32. The zero-order valence-electron chi connectivity index (χ0n) is 30.8. The van der Waals surface area contributed by atoms with Crippen LogP contribution in [0.5, 0.6) is 0 Å². The van der Waals surface area contributed by atoms with E-state index in [9.17, 15) is 38.5 Å². The maximum absolute atomic E-state index is 16.0. The molecule has 22 nitrogen and oxygen atoms in total. The van der Waals surface area contributed by atoms with Crippen molar-refractivity contribution in [3.8, 4) is 0 Å². The lowest BCUT2D eigenvalue weighted by molar-refractivity contribution is -0.169. The van der Waals surface area contributed by atoms with Crippen molar-refractivity contribution >= 4 is 46.2 Å². The summed E-state index contributed by atoms with van der Waals surface area (Å²) in [6.45, 7) is 1.26. The molecule has 5 aromatic rings. The van der Waals surface area contributed by atoms with Gasteiger partial charge in [-0.2, -0.15) is 18.7 Å². The number of ether oxygens (including phenoxy) is 4. The first-order valence-corrected chi connectivity index (χ1v) is 17.7. The largest absolute Gasteiger partial charge is 0.459 e. The van der Waals surface area contributed by atoms with E-state index >= 15 is 4.39 Å². The summed E-state index contributed by atoms with van der Waals surface area (Å²) >= 11 is 5.91. The molecule has 8 atom stereocenters. The summed E-state index contributed by atoms with van der Waals surface area (Å²) in [5.41, 5.74) is 25.0. The summed E-state index contributed by atoms with van der Waals surface area (Å²) in [5, 5.41) is 33.3. The van der Waals surface area contributed by atoms with Gasteiger partial charge in [-0.05, 0) is 53.5 Å². The van der Waals surface area contributed by atoms with Gasteiger partial charge in [0.1, 0.15) is 36.0 Å². The first-order valence-electron chi connectivity index (χ1n) is 17.3. The number of esters is 2. The predicted octanol–water partition coefficient (Wildman–Crippen LogP) is 4.16. The van der Waals surface area contributed by atoms with Crippen LogP contribution in [0.25, 0.3) is 31.9 Å². The number of aliphatic hydroxyl groups excluding tert-OH is 2. The first-order chi connectivity index (χ1) is 28.5. The zero-order valence-corrected chi connectivity index (χ0v) is 31.6. The van der Waals surface area contributed by atoms with Crippen molar-refractivity contribution in [3.63, 3.8) is 0 Å². The van der Waals surface area contributed by atoms with E-state index < -0.39 is 91.4 Å². The highest BCUT2D eigenvalue weighted by Crippen LogP contribution is 2.46. The molecule has 0 unspecified atom stereocenters. The number of alkyl halides is 2. The Labute approximate surface area is 337 Å². The van der Waals surface area contributed by atoms with Crippen LogP contribution in [-0.4, -0.2) is 101 Å². The van der Waals surface area contributed by atoms with Gasteiger partial charge in [0.15, 0.2) is 35.8 Å². The van der Waals surface area contributed by atoms with Gasteiger partial charge in [-0.3, -0.25) is 4.79 Å². The molecule has 0 spiro atoms. The molecule has 2 fully saturated rings. The number of carbonyl (C=O) groups is 2. The highest BCUT2D eigenvalue weighted by Gasteiger charge is 2.60. The van der Waals surface area contributed by atoms with Crippen molar-refractivity contribution in [1.82, 2.24) is 29.2 Å². The van der Waals surface area contributed by atoms with Gasteiger partial charge in [0.2, 0.25) is 5.72 Å². The van der Waals surface area contributed by atoms with Gasteiger partial charge in [-0.15, -0.1) is 10.2 Å². The van der Waals surface area contributed by atoms with E-state index in [2.05, 4.69) is 40.2 Å². The number of nitrogens with zero attached hydrogens (tertiary/aromatic N) is 12. The van der Waals surface area contributed by atoms with Crippen LogP contribution in [-0.2, 0) is 23.7 Å². The van der Waals surface area contributed by atoms with Gasteiger partial charge in [0.05, 0.1) is 29.5 Å². The van der Waals surface area contributed by atoms with Gasteiger partial charge in [-0.25, -0.2) is 22.6 Å². The summed E-state index contributed by atoms with van der Waals surface area (Å²) in [5.74, 6) is -2.77. The number of rotatable bonds is 10. The van der Waals surface area contributed by atoms with E-state index in [4.69, 9.17) is 47.5 Å². The number of aromatic nitrogens is 6. The van der Waals surface area contributed by atoms with E-state index in [1.807, 2.05) is 0 Å². The number of nitrogens with two attached hydrogens (primary N) is 2. The molecule has 6 heterocycles. The summed E-state index contributed by atoms with van der Waals surface area (Å²) in [7, 11) is 0. The number of azide groups is 2. The minimum absolute atomic E-state index is 0.0167. The van der Waals surface area contributed by atoms with E-state index in [-0.39, 0.29) is 44.6 Å². The van der Waals surface area contributed by atoms with Gasteiger partial charge in [0.25, 0.3) is 0 Å². The third-order valence-electron chi connectivity index (χ3n) is 9.25. The van der Waals surface area contributed by atoms with Crippen LogP contribution >= 0.6 is 11.6 Å². The van der Waals surface area contributed by atoms with Crippen molar-refractivity contribution in [2.75, 3.05) is 24.7 Å². The van der Waals surface area contributed by atoms with E-state index in [0.29, 0.717) is 0 Å². The number of hydrogen-bond donors (Lipinski definition) is 4. The molecule has 4 aromatic heterocycles. The SMILES string of the molecule is CC(C)C(=O)O[C@H]1[C@@H](F)[C@H](c2ccc3c(N)nc(F)nn23)O[C@@]1(COC(=O)c1cccc(Cl)c1)N=[N+]=[N-].[N-]=[N+]=N[C@]1(CO)O[C@@H](c2ccc3c(N)nc(F)nn23)[C@H](F)[C@@H]1O. The maximum atomic E-state index is 16.0. The Morgan fingerprint density at radius 2 is 1.47 bits per heavy atom. The van der Waals surface area contributed by atoms with Gasteiger partial charge in [0, 0.05) is 14.8 Å². The molecular formula is C33H31ClF4N14O8. The van der Waals surface area contributed by atoms with Crippen LogP contribution in [0.1, 0.15) is 47.8 Å². The molecule has 2 aliphatic rings. The fourth-order valence-corrected chi connectivity index (χ4v) is 6.53. The number of halogens is 5. The summed E-state index contributed by atoms with van der Waals surface area (Å²) in [6, 6.07) is 11.3. The van der Waals surface area contributed by atoms with Crippen LogP contribution in [0.3, 0.4) is 0 Å². The second-order valence-electron chi connectivity index (χ2n) is 13.4. The smallest absolute Gasteiger partial charge is 0.338 e. The van der Waals surface area contributed by atoms with Crippen molar-refractivity contribution in [2.45, 2.75) is 62.1 Å². The Balaban J connectivity index is 0.000000224. The standard InChI is InChI=1S/C22H20ClF2N7O5.C11H11F2N7O3/c1-10(2)19(33)36-17-15(24)16(13-6-7-14-18(26)28-21(25)29-32(13)14)37-22(17,30-31-27)9-35-20(34)11-4-3-5-12(23)8-11;12-6-7(23-11(3-21,8(6)22)18-19-15)4-1-2-5-9(14)16-10(13)17-20(4)5/h3-8,10,15-17H,9H2,1-2H3,(H2,26,28,29);1-2,6-8,21-22H,3H2,(H2,14,16,17)/t15-,16-,17-,22+;6-,7-,8-,11+/m00/s1. The second kappa shape index (κ2) is 17.0. The Hall–Kier alpha value is -6.53. The molecule has 0 amide bonds. The first kappa shape index (κ1) is 43.1. The molecular weight excluding hydrogens is 832 g/mol. The molecule has 316 valence electrons. The van der Waals surface area contributed by atoms with Crippen LogP contribution < -0.4 is 11.5 Å². The van der Waals surface area contributed by atoms with Crippen LogP contribution in [0.15, 0.2) is 58.8 Å². The highest BCUT2D eigenvalue weighted by atomic mass is 35.5. The summed E-state index contributed by atoms with van der Waals surface area (Å²) < 4.78 is 81.3. The Morgan fingerprint density at radius 3 is 1.98 bits per heavy atom. The van der Waals surface area contributed by atoms with Crippen molar-refractivity contribution in [3.05, 3.63) is 104 Å². The lowest BCUT2D eigenvalue weighted by Crippen LogP contribution is -2.47. The minimum Gasteiger partial charge on any atom is -0.459 e. The fraction of sp³-hybridized carbons (Fsp3) is 0.394. The monoisotopic (exact) mass is 862 g/mol. The fourth-order valence-electron chi connectivity index (χ4n) is 6.34. The third kappa shape index (κ3) is 7.94. The number of benzene rings is 1. The zero-order chi connectivity index (χ0) is 43.7. The molecule has 27 heteroatoms. The van der Waals surface area contributed by atoms with Crippen molar-refractivity contribution in [1.29, 1.82) is 0 Å². The topological polar surface area (TPSA) is 321 Å². The average molecular weight is 863 g/mol. The quantitative estimate of drug-likeness (QED) is 0.0504. The molecule has 7 rings (SSSR count). The third-order valence-corrected chi connectivity index (χ3v) is 9.48. The van der Waals surface area contributed by atoms with E-state index in [1.54, 1.807) is 6.07 Å². The lowest BCUT2D eigenvalue weighted by Gasteiger charge is -2.29. The highest BCUT2D eigenvalue weighted by molar-refractivity contribution is 6.30. The summed E-state index contributed by atoms with van der Waals surface area (Å²) in [4.78, 5) is 37.0. The number of hydrogen-bond acceptors (Lipinski definition) is 16. The number of anilines is 2. The lowest BCUT2D eigenvalue weighted by atomic mass is 10.0. The number of aliphatic hydroxyl groups is 2. The molecule has 2 aliphatic heterocycles. The van der Waals surface area contributed by atoms with Crippen molar-refractivity contribution in [2.24, 2.45) is 16.1 Å². The molecule has 0 bridgehead atoms. The molecule has 2 saturated heterocycles. The second-order valence-corrected chi connectivity index (χ2v) is 13.8. The Bertz CT molecular complexity index is 2560. The number of fused-ring (bicyclic) bond motifs is 2. The number of nitrogen functional groups attached to an aromatic ring is 2. The van der Waals surface area contributed by atoms with Gasteiger partial charge < -0.3 is 40.6 Å². The van der Waals surface area contributed by atoms with E-state index in [1.165, 1.54) is 56.3 Å². The molecule has 1 aromatic carbocycles. The maximum Gasteiger partial charge on any atom is 0.338 e.